The van der Waals surface area contributed by atoms with E-state index in [1.54, 1.807) is 0 Å². The molecule has 0 saturated carbocycles. The lowest BCUT2D eigenvalue weighted by atomic mass is 10.0. The number of benzene rings is 1. The van der Waals surface area contributed by atoms with Gasteiger partial charge in [-0.15, -0.1) is 0 Å². The molecule has 2 aliphatic rings. The third kappa shape index (κ3) is 3.92. The van der Waals surface area contributed by atoms with Crippen LogP contribution in [0.3, 0.4) is 0 Å². The molecule has 25 heavy (non-hydrogen) atoms. The van der Waals surface area contributed by atoms with Crippen LogP contribution in [-0.4, -0.2) is 51.6 Å². The fraction of sp³-hybridized carbons (Fsp3) is 0.647. The topological polar surface area (TPSA) is 74.8 Å². The van der Waals surface area contributed by atoms with Crippen molar-refractivity contribution in [1.82, 2.24) is 8.61 Å². The Morgan fingerprint density at radius 2 is 1.24 bits per heavy atom. The largest absolute Gasteiger partial charge is 0.243 e. The van der Waals surface area contributed by atoms with Gasteiger partial charge >= 0.3 is 0 Å². The van der Waals surface area contributed by atoms with Crippen molar-refractivity contribution in [3.8, 4) is 0 Å². The smallest absolute Gasteiger partial charge is 0.207 e. The lowest BCUT2D eigenvalue weighted by Crippen LogP contribution is -2.39. The summed E-state index contributed by atoms with van der Waals surface area (Å²) in [5.41, 5.74) is 0. The van der Waals surface area contributed by atoms with E-state index in [4.69, 9.17) is 0 Å². The van der Waals surface area contributed by atoms with Gasteiger partial charge in [0, 0.05) is 26.2 Å². The Kier molecular flexibility index (Phi) is 5.53. The molecule has 0 aromatic heterocycles. The molecule has 2 fully saturated rings. The van der Waals surface area contributed by atoms with Crippen LogP contribution in [0.15, 0.2) is 34.1 Å². The maximum absolute atomic E-state index is 12.8. The minimum atomic E-state index is -3.56. The van der Waals surface area contributed by atoms with Gasteiger partial charge in [-0.1, -0.05) is 13.3 Å². The first-order chi connectivity index (χ1) is 11.8. The van der Waals surface area contributed by atoms with E-state index in [0.29, 0.717) is 32.1 Å². The van der Waals surface area contributed by atoms with Crippen LogP contribution in [0.25, 0.3) is 0 Å². The number of rotatable bonds is 4. The quantitative estimate of drug-likeness (QED) is 0.796. The van der Waals surface area contributed by atoms with Gasteiger partial charge in [0.25, 0.3) is 0 Å². The molecule has 6 nitrogen and oxygen atoms in total. The number of hydrogen-bond donors (Lipinski definition) is 0. The number of hydrogen-bond acceptors (Lipinski definition) is 4. The van der Waals surface area contributed by atoms with Crippen LogP contribution in [0, 0.1) is 5.92 Å². The summed E-state index contributed by atoms with van der Waals surface area (Å²) in [7, 11) is -7.09. The van der Waals surface area contributed by atoms with Crippen molar-refractivity contribution in [2.24, 2.45) is 5.92 Å². The highest BCUT2D eigenvalue weighted by Crippen LogP contribution is 2.26. The molecule has 3 rings (SSSR count). The third-order valence-corrected chi connectivity index (χ3v) is 8.83. The van der Waals surface area contributed by atoms with E-state index in [1.165, 1.54) is 32.9 Å². The molecule has 0 bridgehead atoms. The summed E-state index contributed by atoms with van der Waals surface area (Å²) >= 11 is 0. The minimum Gasteiger partial charge on any atom is -0.207 e. The molecule has 1 aromatic carbocycles. The summed E-state index contributed by atoms with van der Waals surface area (Å²) in [5, 5.41) is 0. The first-order valence-electron chi connectivity index (χ1n) is 8.92. The zero-order chi connectivity index (χ0) is 18.1. The molecule has 0 amide bonds. The van der Waals surface area contributed by atoms with Gasteiger partial charge in [-0.25, -0.2) is 16.8 Å². The fourth-order valence-corrected chi connectivity index (χ4v) is 6.67. The molecule has 0 N–H and O–H groups in total. The monoisotopic (exact) mass is 386 g/mol. The van der Waals surface area contributed by atoms with Gasteiger partial charge in [0.2, 0.25) is 20.0 Å². The van der Waals surface area contributed by atoms with Gasteiger partial charge in [0.05, 0.1) is 9.79 Å². The average Bonchev–Trinajstić information content (AvgIpc) is 2.62. The van der Waals surface area contributed by atoms with Crippen LogP contribution in [0.2, 0.25) is 0 Å². The van der Waals surface area contributed by atoms with E-state index in [0.717, 1.165) is 32.1 Å². The van der Waals surface area contributed by atoms with Crippen LogP contribution in [0.1, 0.15) is 39.0 Å². The van der Waals surface area contributed by atoms with Crippen molar-refractivity contribution in [3.63, 3.8) is 0 Å². The normalized spacial score (nSPS) is 24.3. The predicted octanol–water partition coefficient (Wildman–Crippen LogP) is 2.28. The molecule has 2 aliphatic heterocycles. The lowest BCUT2D eigenvalue weighted by Gasteiger charge is -2.30. The van der Waals surface area contributed by atoms with Gasteiger partial charge in [0.15, 0.2) is 0 Å². The average molecular weight is 387 g/mol. The zero-order valence-corrected chi connectivity index (χ0v) is 16.2. The SMILES string of the molecule is CC1CCCN(S(=O)(=O)c2ccc(S(=O)(=O)N3CCCCC3)cc2)C1. The van der Waals surface area contributed by atoms with Crippen LogP contribution < -0.4 is 0 Å². The number of piperidine rings is 2. The molecule has 2 heterocycles. The highest BCUT2D eigenvalue weighted by molar-refractivity contribution is 7.89. The van der Waals surface area contributed by atoms with E-state index in [2.05, 4.69) is 6.92 Å². The van der Waals surface area contributed by atoms with E-state index < -0.39 is 20.0 Å². The lowest BCUT2D eigenvalue weighted by molar-refractivity contribution is 0.281. The Morgan fingerprint density at radius 1 is 0.760 bits per heavy atom. The Hall–Kier alpha value is -0.960. The maximum Gasteiger partial charge on any atom is 0.243 e. The molecular weight excluding hydrogens is 360 g/mol. The van der Waals surface area contributed by atoms with E-state index in [1.807, 2.05) is 0 Å². The van der Waals surface area contributed by atoms with Gasteiger partial charge < -0.3 is 0 Å². The second kappa shape index (κ2) is 7.34. The predicted molar refractivity (Wildman–Crippen MR) is 96.2 cm³/mol. The second-order valence-electron chi connectivity index (χ2n) is 7.05. The van der Waals surface area contributed by atoms with E-state index in [9.17, 15) is 16.8 Å². The Bertz CT molecular complexity index is 798. The molecule has 1 unspecified atom stereocenters. The summed E-state index contributed by atoms with van der Waals surface area (Å²) in [6.07, 6.45) is 4.70. The Balaban J connectivity index is 1.82. The van der Waals surface area contributed by atoms with Crippen molar-refractivity contribution in [2.45, 2.75) is 48.8 Å². The third-order valence-electron chi connectivity index (χ3n) is 5.03. The van der Waals surface area contributed by atoms with Crippen molar-refractivity contribution < 1.29 is 16.8 Å². The summed E-state index contributed by atoms with van der Waals surface area (Å²) in [6.45, 7) is 4.18. The Labute approximate surface area is 150 Å². The first-order valence-corrected chi connectivity index (χ1v) is 11.8. The van der Waals surface area contributed by atoms with Crippen LogP contribution in [0.5, 0.6) is 0 Å². The van der Waals surface area contributed by atoms with E-state index >= 15 is 0 Å². The van der Waals surface area contributed by atoms with Gasteiger partial charge in [-0.3, -0.25) is 0 Å². The van der Waals surface area contributed by atoms with Gasteiger partial charge in [-0.05, 0) is 55.9 Å². The van der Waals surface area contributed by atoms with Gasteiger partial charge in [-0.2, -0.15) is 8.61 Å². The van der Waals surface area contributed by atoms with Crippen molar-refractivity contribution in [3.05, 3.63) is 24.3 Å². The second-order valence-corrected chi connectivity index (χ2v) is 10.9. The Morgan fingerprint density at radius 3 is 1.76 bits per heavy atom. The molecule has 0 radical (unpaired) electrons. The van der Waals surface area contributed by atoms with Crippen LogP contribution in [0.4, 0.5) is 0 Å². The molecule has 0 spiro atoms. The zero-order valence-electron chi connectivity index (χ0n) is 14.6. The number of nitrogens with zero attached hydrogens (tertiary/aromatic N) is 2. The maximum atomic E-state index is 12.8. The molecule has 0 aliphatic carbocycles. The molecule has 8 heteroatoms. The van der Waals surface area contributed by atoms with E-state index in [-0.39, 0.29) is 9.79 Å². The summed E-state index contributed by atoms with van der Waals surface area (Å²) < 4.78 is 53.8. The molecular formula is C17H26N2O4S2. The standard InChI is InChI=1S/C17H26N2O4S2/c1-15-6-5-13-19(14-15)25(22,23)17-9-7-16(8-10-17)24(20,21)18-11-3-2-4-12-18/h7-10,15H,2-6,11-14H2,1H3. The van der Waals surface area contributed by atoms with Crippen LogP contribution in [-0.2, 0) is 20.0 Å². The number of sulfonamides is 2. The summed E-state index contributed by atoms with van der Waals surface area (Å²) in [6, 6.07) is 5.69. The molecule has 1 atom stereocenters. The first kappa shape index (κ1) is 18.8. The van der Waals surface area contributed by atoms with Crippen LogP contribution >= 0.6 is 0 Å². The highest BCUT2D eigenvalue weighted by Gasteiger charge is 2.30. The highest BCUT2D eigenvalue weighted by atomic mass is 32.2. The molecule has 140 valence electrons. The van der Waals surface area contributed by atoms with Crippen molar-refractivity contribution >= 4 is 20.0 Å². The van der Waals surface area contributed by atoms with Crippen molar-refractivity contribution in [2.75, 3.05) is 26.2 Å². The van der Waals surface area contributed by atoms with Crippen molar-refractivity contribution in [1.29, 1.82) is 0 Å². The summed E-state index contributed by atoms with van der Waals surface area (Å²) in [5.74, 6) is 0.349. The molecule has 2 saturated heterocycles. The van der Waals surface area contributed by atoms with Gasteiger partial charge in [0.1, 0.15) is 0 Å². The fourth-order valence-electron chi connectivity index (χ4n) is 3.55. The minimum absolute atomic E-state index is 0.166. The summed E-state index contributed by atoms with van der Waals surface area (Å²) in [4.78, 5) is 0.333. The molecule has 1 aromatic rings.